The van der Waals surface area contributed by atoms with Crippen molar-refractivity contribution in [1.29, 1.82) is 0 Å². The van der Waals surface area contributed by atoms with Crippen LogP contribution in [0.3, 0.4) is 0 Å². The summed E-state index contributed by atoms with van der Waals surface area (Å²) in [5, 5.41) is 13.1. The summed E-state index contributed by atoms with van der Waals surface area (Å²) in [6.07, 6.45) is 3.19. The Morgan fingerprint density at radius 1 is 1.15 bits per heavy atom. The highest BCUT2D eigenvalue weighted by Crippen LogP contribution is 2.41. The Bertz CT molecular complexity index is 1650. The number of hydrogen-bond donors (Lipinski definition) is 2. The third kappa shape index (κ3) is 3.99. The van der Waals surface area contributed by atoms with Gasteiger partial charge >= 0.3 is 6.09 Å². The minimum atomic E-state index is -1.04. The standard InChI is InChI=1S/C29H30BrN5O4/c1-33-26-20(31-27(33)23-11-17-9-19(30)6-8-21(17)34(23)13-15-3-4-15)10-18(12-24(26)39-2)28(36)35-14-16-5-7-22(35)25(16)32-29(37)38/h6,8-12,15-16,22,25,32H,3-5,7,13-14H2,1-2H3,(H,37,38)/t16-,22+,25?/m1/s1. The molecule has 0 spiro atoms. The number of nitrogens with zero attached hydrogens (tertiary/aromatic N) is 4. The van der Waals surface area contributed by atoms with Gasteiger partial charge in [-0.2, -0.15) is 0 Å². The van der Waals surface area contributed by atoms with Crippen molar-refractivity contribution in [3.05, 3.63) is 46.4 Å². The topological polar surface area (TPSA) is 102 Å². The van der Waals surface area contributed by atoms with Gasteiger partial charge in [-0.25, -0.2) is 9.78 Å². The Labute approximate surface area is 233 Å². The average molecular weight is 592 g/mol. The lowest BCUT2D eigenvalue weighted by Gasteiger charge is -2.27. The van der Waals surface area contributed by atoms with Crippen molar-refractivity contribution in [3.8, 4) is 17.3 Å². The van der Waals surface area contributed by atoms with Gasteiger partial charge in [0.1, 0.15) is 11.3 Å². The fraction of sp³-hybridized carbons (Fsp3) is 0.414. The number of carbonyl (C=O) groups is 2. The number of nitrogens with one attached hydrogen (secondary N) is 1. The van der Waals surface area contributed by atoms with Gasteiger partial charge in [-0.15, -0.1) is 0 Å². The highest BCUT2D eigenvalue weighted by atomic mass is 79.9. The van der Waals surface area contributed by atoms with E-state index in [9.17, 15) is 14.7 Å². The minimum absolute atomic E-state index is 0.112. The van der Waals surface area contributed by atoms with Crippen LogP contribution in [0.2, 0.25) is 0 Å². The van der Waals surface area contributed by atoms with Crippen LogP contribution in [0.4, 0.5) is 4.79 Å². The number of piperidine rings is 1. The molecule has 3 aliphatic rings. The third-order valence-corrected chi connectivity index (χ3v) is 9.26. The molecular weight excluding hydrogens is 562 g/mol. The molecule has 2 saturated carbocycles. The van der Waals surface area contributed by atoms with Crippen LogP contribution in [-0.4, -0.2) is 61.9 Å². The molecule has 0 radical (unpaired) electrons. The van der Waals surface area contributed by atoms with Crippen LogP contribution in [0.5, 0.6) is 5.75 Å². The number of rotatable bonds is 6. The van der Waals surface area contributed by atoms with E-state index < -0.39 is 6.09 Å². The van der Waals surface area contributed by atoms with Crippen LogP contribution in [0.15, 0.2) is 40.9 Å². The number of fused-ring (bicyclic) bond motifs is 4. The number of ether oxygens (including phenoxy) is 1. The maximum absolute atomic E-state index is 13.7. The first-order valence-corrected chi connectivity index (χ1v) is 14.3. The molecule has 10 heteroatoms. The quantitative estimate of drug-likeness (QED) is 0.319. The zero-order chi connectivity index (χ0) is 27.0. The Morgan fingerprint density at radius 3 is 2.72 bits per heavy atom. The highest BCUT2D eigenvalue weighted by Gasteiger charge is 2.49. The summed E-state index contributed by atoms with van der Waals surface area (Å²) in [5.41, 5.74) is 4.27. The molecule has 202 valence electrons. The van der Waals surface area contributed by atoms with Crippen molar-refractivity contribution in [2.45, 2.75) is 44.3 Å². The fourth-order valence-electron chi connectivity index (χ4n) is 6.76. The predicted molar refractivity (Wildman–Crippen MR) is 151 cm³/mol. The van der Waals surface area contributed by atoms with Gasteiger partial charge in [-0.3, -0.25) is 4.79 Å². The molecule has 2 N–H and O–H groups in total. The number of carbonyl (C=O) groups excluding carboxylic acids is 1. The summed E-state index contributed by atoms with van der Waals surface area (Å²) < 4.78 is 11.3. The molecule has 2 aromatic heterocycles. The second-order valence-electron chi connectivity index (χ2n) is 11.2. The van der Waals surface area contributed by atoms with E-state index in [-0.39, 0.29) is 23.9 Å². The fourth-order valence-corrected chi connectivity index (χ4v) is 7.14. The van der Waals surface area contributed by atoms with Crippen molar-refractivity contribution < 1.29 is 19.4 Å². The van der Waals surface area contributed by atoms with E-state index in [1.165, 1.54) is 18.4 Å². The molecule has 2 bridgehead atoms. The zero-order valence-corrected chi connectivity index (χ0v) is 23.4. The first kappa shape index (κ1) is 24.5. The monoisotopic (exact) mass is 591 g/mol. The molecule has 3 heterocycles. The lowest BCUT2D eigenvalue weighted by molar-refractivity contribution is 0.0697. The van der Waals surface area contributed by atoms with Gasteiger partial charge in [-0.1, -0.05) is 15.9 Å². The Morgan fingerprint density at radius 2 is 1.97 bits per heavy atom. The van der Waals surface area contributed by atoms with Gasteiger partial charge in [0.05, 0.1) is 30.4 Å². The normalized spacial score (nSPS) is 22.2. The number of aromatic nitrogens is 3. The van der Waals surface area contributed by atoms with Crippen LogP contribution < -0.4 is 10.1 Å². The number of methoxy groups -OCH3 is 1. The molecule has 2 aliphatic carbocycles. The number of hydrogen-bond acceptors (Lipinski definition) is 4. The zero-order valence-electron chi connectivity index (χ0n) is 21.9. The van der Waals surface area contributed by atoms with Crippen molar-refractivity contribution >= 4 is 49.9 Å². The largest absolute Gasteiger partial charge is 0.494 e. The van der Waals surface area contributed by atoms with Crippen molar-refractivity contribution in [1.82, 2.24) is 24.3 Å². The highest BCUT2D eigenvalue weighted by molar-refractivity contribution is 9.10. The molecule has 7 rings (SSSR count). The number of halogens is 1. The number of carboxylic acid groups (broad SMARTS) is 1. The van der Waals surface area contributed by atoms with E-state index >= 15 is 0 Å². The smallest absolute Gasteiger partial charge is 0.404 e. The second-order valence-corrected chi connectivity index (χ2v) is 12.1. The molecule has 4 aromatic rings. The molecule has 1 unspecified atom stereocenters. The number of aryl methyl sites for hydroxylation is 1. The molecule has 3 atom stereocenters. The maximum Gasteiger partial charge on any atom is 0.404 e. The average Bonchev–Trinajstić information content (AvgIpc) is 3.28. The molecule has 2 aromatic carbocycles. The summed E-state index contributed by atoms with van der Waals surface area (Å²) in [5.74, 6) is 2.14. The lowest BCUT2D eigenvalue weighted by atomic mass is 10.1. The Kier molecular flexibility index (Phi) is 5.66. The Hall–Kier alpha value is -3.53. The van der Waals surface area contributed by atoms with E-state index in [1.54, 1.807) is 13.2 Å². The van der Waals surface area contributed by atoms with Gasteiger partial charge in [0, 0.05) is 41.1 Å². The van der Waals surface area contributed by atoms with Gasteiger partial charge in [-0.05, 0) is 73.9 Å². The van der Waals surface area contributed by atoms with E-state index in [4.69, 9.17) is 9.72 Å². The summed E-state index contributed by atoms with van der Waals surface area (Å²) in [4.78, 5) is 31.9. The summed E-state index contributed by atoms with van der Waals surface area (Å²) in [7, 11) is 3.60. The number of amides is 2. The number of imidazole rings is 1. The van der Waals surface area contributed by atoms with E-state index in [1.807, 2.05) is 18.0 Å². The maximum atomic E-state index is 13.7. The molecule has 1 aliphatic heterocycles. The van der Waals surface area contributed by atoms with Crippen LogP contribution in [-0.2, 0) is 13.6 Å². The molecule has 2 amide bonds. The number of likely N-dealkylation sites (tertiary alicyclic amines) is 1. The van der Waals surface area contributed by atoms with E-state index in [0.717, 1.165) is 46.3 Å². The summed E-state index contributed by atoms with van der Waals surface area (Å²) in [6.45, 7) is 1.51. The second kappa shape index (κ2) is 9.01. The van der Waals surface area contributed by atoms with Gasteiger partial charge < -0.3 is 29.2 Å². The molecule has 9 nitrogen and oxygen atoms in total. The van der Waals surface area contributed by atoms with E-state index in [2.05, 4.69) is 54.6 Å². The molecule has 3 fully saturated rings. The number of benzene rings is 2. The lowest BCUT2D eigenvalue weighted by Crippen LogP contribution is -2.45. The van der Waals surface area contributed by atoms with E-state index in [0.29, 0.717) is 29.3 Å². The van der Waals surface area contributed by atoms with Crippen LogP contribution >= 0.6 is 15.9 Å². The molecular formula is C29H30BrN5O4. The van der Waals surface area contributed by atoms with Gasteiger partial charge in [0.15, 0.2) is 5.82 Å². The summed E-state index contributed by atoms with van der Waals surface area (Å²) >= 11 is 3.61. The SMILES string of the molecule is COc1cc(C(=O)N2C[C@H]3CC[C@H]2C3NC(=O)O)cc2nc(-c3cc4cc(Br)ccc4n3CC3CC3)n(C)c12. The molecule has 1 saturated heterocycles. The van der Waals surface area contributed by atoms with Crippen LogP contribution in [0.25, 0.3) is 33.5 Å². The Balaban J connectivity index is 1.30. The van der Waals surface area contributed by atoms with Gasteiger partial charge in [0.25, 0.3) is 5.91 Å². The van der Waals surface area contributed by atoms with Gasteiger partial charge in [0.2, 0.25) is 0 Å². The van der Waals surface area contributed by atoms with Crippen molar-refractivity contribution in [2.24, 2.45) is 18.9 Å². The molecule has 39 heavy (non-hydrogen) atoms. The first-order chi connectivity index (χ1) is 18.8. The first-order valence-electron chi connectivity index (χ1n) is 13.5. The predicted octanol–water partition coefficient (Wildman–Crippen LogP) is 5.25. The van der Waals surface area contributed by atoms with Crippen LogP contribution in [0, 0.1) is 11.8 Å². The summed E-state index contributed by atoms with van der Waals surface area (Å²) in [6, 6.07) is 11.9. The third-order valence-electron chi connectivity index (χ3n) is 8.77. The minimum Gasteiger partial charge on any atom is -0.494 e. The van der Waals surface area contributed by atoms with Crippen LogP contribution in [0.1, 0.15) is 36.0 Å². The van der Waals surface area contributed by atoms with Crippen molar-refractivity contribution in [3.63, 3.8) is 0 Å². The van der Waals surface area contributed by atoms with Crippen molar-refractivity contribution in [2.75, 3.05) is 13.7 Å².